The van der Waals surface area contributed by atoms with Crippen LogP contribution in [0, 0.1) is 0 Å². The Balaban J connectivity index is 2.11. The van der Waals surface area contributed by atoms with E-state index in [4.69, 9.17) is 15.6 Å². The summed E-state index contributed by atoms with van der Waals surface area (Å²) >= 11 is 0. The van der Waals surface area contributed by atoms with Gasteiger partial charge in [-0.25, -0.2) is 4.98 Å². The Morgan fingerprint density at radius 1 is 1.26 bits per heavy atom. The maximum atomic E-state index is 9.35. The fraction of sp³-hybridized carbons (Fsp3) is 0.462. The van der Waals surface area contributed by atoms with Crippen molar-refractivity contribution in [3.63, 3.8) is 0 Å². The van der Waals surface area contributed by atoms with E-state index in [1.807, 2.05) is 16.7 Å². The molecule has 0 aliphatic carbocycles. The van der Waals surface area contributed by atoms with Crippen molar-refractivity contribution in [3.8, 4) is 0 Å². The normalized spacial score (nSPS) is 11.3. The Labute approximate surface area is 111 Å². The highest BCUT2D eigenvalue weighted by Gasteiger charge is 2.09. The van der Waals surface area contributed by atoms with Gasteiger partial charge < -0.3 is 25.3 Å². The number of aliphatic hydroxyl groups excluding tert-OH is 2. The molecule has 0 unspecified atom stereocenters. The van der Waals surface area contributed by atoms with Crippen molar-refractivity contribution < 1.29 is 14.9 Å². The molecular formula is C13H19N3O3. The highest BCUT2D eigenvalue weighted by molar-refractivity contribution is 5.79. The first-order chi connectivity index (χ1) is 9.26. The van der Waals surface area contributed by atoms with Crippen molar-refractivity contribution in [1.29, 1.82) is 0 Å². The van der Waals surface area contributed by atoms with E-state index in [-0.39, 0.29) is 13.2 Å². The van der Waals surface area contributed by atoms with Crippen LogP contribution in [0.15, 0.2) is 18.2 Å². The Morgan fingerprint density at radius 2 is 2.11 bits per heavy atom. The topological polar surface area (TPSA) is 93.5 Å². The number of aliphatic hydroxyl groups is 2. The number of nitrogens with zero attached hydrogens (tertiary/aromatic N) is 2. The SMILES string of the molecule is Nc1ccc2c(c1)nc(CO)n2CCCOCCO. The molecule has 4 N–H and O–H groups in total. The number of nitrogens with two attached hydrogens (primary N) is 1. The maximum Gasteiger partial charge on any atom is 0.135 e. The largest absolute Gasteiger partial charge is 0.399 e. The maximum absolute atomic E-state index is 9.35. The molecule has 0 amide bonds. The van der Waals surface area contributed by atoms with Gasteiger partial charge in [-0.2, -0.15) is 0 Å². The van der Waals surface area contributed by atoms with E-state index in [1.54, 1.807) is 6.07 Å². The lowest BCUT2D eigenvalue weighted by atomic mass is 10.3. The van der Waals surface area contributed by atoms with E-state index < -0.39 is 0 Å². The first kappa shape index (κ1) is 13.8. The molecule has 2 aromatic rings. The fourth-order valence-corrected chi connectivity index (χ4v) is 2.06. The van der Waals surface area contributed by atoms with Crippen molar-refractivity contribution in [1.82, 2.24) is 9.55 Å². The minimum atomic E-state index is -0.105. The third-order valence-corrected chi connectivity index (χ3v) is 2.90. The summed E-state index contributed by atoms with van der Waals surface area (Å²) in [5.41, 5.74) is 8.14. The highest BCUT2D eigenvalue weighted by atomic mass is 16.5. The van der Waals surface area contributed by atoms with E-state index >= 15 is 0 Å². The Morgan fingerprint density at radius 3 is 2.84 bits per heavy atom. The molecule has 104 valence electrons. The Hall–Kier alpha value is -1.63. The molecule has 0 saturated carbocycles. The van der Waals surface area contributed by atoms with Crippen LogP contribution in [0.5, 0.6) is 0 Å². The highest BCUT2D eigenvalue weighted by Crippen LogP contribution is 2.19. The molecule has 0 aliphatic heterocycles. The van der Waals surface area contributed by atoms with Gasteiger partial charge in [-0.1, -0.05) is 0 Å². The van der Waals surface area contributed by atoms with Crippen LogP contribution in [-0.4, -0.2) is 39.6 Å². The number of hydrogen-bond acceptors (Lipinski definition) is 5. The first-order valence-electron chi connectivity index (χ1n) is 6.30. The minimum Gasteiger partial charge on any atom is -0.399 e. The molecule has 1 heterocycles. The van der Waals surface area contributed by atoms with Gasteiger partial charge in [0.1, 0.15) is 12.4 Å². The number of anilines is 1. The van der Waals surface area contributed by atoms with Crippen molar-refractivity contribution in [2.75, 3.05) is 25.6 Å². The number of rotatable bonds is 7. The number of benzene rings is 1. The van der Waals surface area contributed by atoms with Crippen LogP contribution < -0.4 is 5.73 Å². The molecule has 1 aromatic carbocycles. The van der Waals surface area contributed by atoms with Crippen LogP contribution in [0.3, 0.4) is 0 Å². The third kappa shape index (κ3) is 3.23. The van der Waals surface area contributed by atoms with Gasteiger partial charge in [-0.05, 0) is 24.6 Å². The van der Waals surface area contributed by atoms with Crippen LogP contribution >= 0.6 is 0 Å². The van der Waals surface area contributed by atoms with Crippen molar-refractivity contribution in [2.45, 2.75) is 19.6 Å². The predicted octanol–water partition coefficient (Wildman–Crippen LogP) is 0.510. The zero-order chi connectivity index (χ0) is 13.7. The number of aromatic nitrogens is 2. The second-order valence-corrected chi connectivity index (χ2v) is 4.28. The summed E-state index contributed by atoms with van der Waals surface area (Å²) in [4.78, 5) is 4.36. The average molecular weight is 265 g/mol. The Kier molecular flexibility index (Phi) is 4.73. The van der Waals surface area contributed by atoms with Gasteiger partial charge in [0.25, 0.3) is 0 Å². The third-order valence-electron chi connectivity index (χ3n) is 2.90. The van der Waals surface area contributed by atoms with Gasteiger partial charge in [0.2, 0.25) is 0 Å². The molecule has 19 heavy (non-hydrogen) atoms. The van der Waals surface area contributed by atoms with Crippen molar-refractivity contribution in [3.05, 3.63) is 24.0 Å². The molecule has 6 heteroatoms. The zero-order valence-corrected chi connectivity index (χ0v) is 10.7. The molecule has 6 nitrogen and oxygen atoms in total. The predicted molar refractivity (Wildman–Crippen MR) is 72.6 cm³/mol. The van der Waals surface area contributed by atoms with E-state index in [1.165, 1.54) is 0 Å². The fourth-order valence-electron chi connectivity index (χ4n) is 2.06. The first-order valence-corrected chi connectivity index (χ1v) is 6.30. The molecule has 0 saturated heterocycles. The summed E-state index contributed by atoms with van der Waals surface area (Å²) in [5.74, 6) is 0.628. The van der Waals surface area contributed by atoms with Gasteiger partial charge in [0.05, 0.1) is 24.2 Å². The number of hydrogen-bond donors (Lipinski definition) is 3. The summed E-state index contributed by atoms with van der Waals surface area (Å²) in [5, 5.41) is 18.0. The molecule has 1 aromatic heterocycles. The van der Waals surface area contributed by atoms with Crippen LogP contribution in [0.1, 0.15) is 12.2 Å². The number of ether oxygens (including phenoxy) is 1. The number of fused-ring (bicyclic) bond motifs is 1. The van der Waals surface area contributed by atoms with E-state index in [0.29, 0.717) is 31.3 Å². The molecule has 0 aliphatic rings. The van der Waals surface area contributed by atoms with Gasteiger partial charge >= 0.3 is 0 Å². The standard InChI is InChI=1S/C13H19N3O3/c14-10-2-3-12-11(8-10)15-13(9-18)16(12)4-1-6-19-7-5-17/h2-3,8,17-18H,1,4-7,9,14H2. The van der Waals surface area contributed by atoms with Crippen LogP contribution in [0.2, 0.25) is 0 Å². The van der Waals surface area contributed by atoms with Crippen molar-refractivity contribution >= 4 is 16.7 Å². The number of imidazole rings is 1. The molecule has 0 radical (unpaired) electrons. The van der Waals surface area contributed by atoms with E-state index in [9.17, 15) is 5.11 Å². The average Bonchev–Trinajstić information content (AvgIpc) is 2.75. The minimum absolute atomic E-state index is 0.0369. The smallest absolute Gasteiger partial charge is 0.135 e. The zero-order valence-electron chi connectivity index (χ0n) is 10.7. The molecular weight excluding hydrogens is 246 g/mol. The molecule has 0 fully saturated rings. The lowest BCUT2D eigenvalue weighted by Gasteiger charge is -2.08. The summed E-state index contributed by atoms with van der Waals surface area (Å²) in [6.45, 7) is 1.57. The summed E-state index contributed by atoms with van der Waals surface area (Å²) < 4.78 is 7.19. The van der Waals surface area contributed by atoms with Crippen LogP contribution in [-0.2, 0) is 17.9 Å². The van der Waals surface area contributed by atoms with E-state index in [0.717, 1.165) is 17.5 Å². The molecule has 2 rings (SSSR count). The van der Waals surface area contributed by atoms with Gasteiger partial charge in [-0.3, -0.25) is 0 Å². The van der Waals surface area contributed by atoms with E-state index in [2.05, 4.69) is 4.98 Å². The van der Waals surface area contributed by atoms with Crippen LogP contribution in [0.25, 0.3) is 11.0 Å². The lowest BCUT2D eigenvalue weighted by molar-refractivity contribution is 0.0886. The molecule has 0 bridgehead atoms. The second-order valence-electron chi connectivity index (χ2n) is 4.28. The lowest BCUT2D eigenvalue weighted by Crippen LogP contribution is -2.08. The summed E-state index contributed by atoms with van der Waals surface area (Å²) in [7, 11) is 0. The van der Waals surface area contributed by atoms with Crippen LogP contribution in [0.4, 0.5) is 5.69 Å². The number of nitrogen functional groups attached to an aromatic ring is 1. The molecule has 0 spiro atoms. The van der Waals surface area contributed by atoms with Crippen molar-refractivity contribution in [2.24, 2.45) is 0 Å². The molecule has 0 atom stereocenters. The van der Waals surface area contributed by atoms with Gasteiger partial charge in [0.15, 0.2) is 0 Å². The quantitative estimate of drug-likeness (QED) is 0.501. The summed E-state index contributed by atoms with van der Waals surface area (Å²) in [6, 6.07) is 5.53. The summed E-state index contributed by atoms with van der Waals surface area (Å²) in [6.07, 6.45) is 0.794. The van der Waals surface area contributed by atoms with Gasteiger partial charge in [-0.15, -0.1) is 0 Å². The second kappa shape index (κ2) is 6.51. The number of aryl methyl sites for hydroxylation is 1. The monoisotopic (exact) mass is 265 g/mol. The Bertz CT molecular complexity index is 539. The van der Waals surface area contributed by atoms with Gasteiger partial charge in [0, 0.05) is 18.8 Å².